The van der Waals surface area contributed by atoms with Crippen LogP contribution in [0.1, 0.15) is 380 Å². The first-order chi connectivity index (χ1) is 38.0. The molecule has 0 saturated heterocycles. The molecule has 0 aliphatic rings. The summed E-state index contributed by atoms with van der Waals surface area (Å²) in [5.74, 6) is -0.0270. The fourth-order valence-electron chi connectivity index (χ4n) is 10.8. The predicted molar refractivity (Wildman–Crippen MR) is 338 cm³/mol. The molecule has 1 amide bonds. The maximum Gasteiger partial charge on any atom is 0.305 e. The van der Waals surface area contributed by atoms with Gasteiger partial charge in [-0.15, -0.1) is 0 Å². The third-order valence-corrected chi connectivity index (χ3v) is 16.2. The zero-order valence-electron chi connectivity index (χ0n) is 52.0. The van der Waals surface area contributed by atoms with Crippen LogP contribution in [0.15, 0.2) is 36.5 Å². The van der Waals surface area contributed by atoms with E-state index in [1.165, 1.54) is 295 Å². The summed E-state index contributed by atoms with van der Waals surface area (Å²) in [5.41, 5.74) is 0. The third-order valence-electron chi connectivity index (χ3n) is 16.2. The second kappa shape index (κ2) is 66.6. The van der Waals surface area contributed by atoms with Crippen molar-refractivity contribution < 1.29 is 24.5 Å². The number of aliphatic hydroxyl groups is 2. The Morgan fingerprint density at radius 3 is 1.03 bits per heavy atom. The highest BCUT2D eigenvalue weighted by Gasteiger charge is 2.20. The zero-order chi connectivity index (χ0) is 55.7. The molecule has 2 unspecified atom stereocenters. The number of carbonyl (C=O) groups excluding carboxylic acids is 2. The fraction of sp³-hybridized carbons (Fsp3) is 0.887. The summed E-state index contributed by atoms with van der Waals surface area (Å²) in [7, 11) is 0. The van der Waals surface area contributed by atoms with Gasteiger partial charge >= 0.3 is 5.97 Å². The highest BCUT2D eigenvalue weighted by atomic mass is 16.5. The molecule has 6 heteroatoms. The average molecular weight is 1080 g/mol. The molecule has 77 heavy (non-hydrogen) atoms. The Labute approximate surface area is 481 Å². The third kappa shape index (κ3) is 63.1. The van der Waals surface area contributed by atoms with E-state index >= 15 is 0 Å². The number of nitrogens with one attached hydrogen (secondary N) is 1. The highest BCUT2D eigenvalue weighted by Crippen LogP contribution is 2.18. The van der Waals surface area contributed by atoms with Crippen LogP contribution in [0.25, 0.3) is 0 Å². The molecule has 2 atom stereocenters. The van der Waals surface area contributed by atoms with E-state index in [2.05, 4.69) is 55.6 Å². The number of ether oxygens (including phenoxy) is 1. The van der Waals surface area contributed by atoms with E-state index in [1.807, 2.05) is 0 Å². The number of allylic oxidation sites excluding steroid dienone is 6. The van der Waals surface area contributed by atoms with Crippen LogP contribution in [0.2, 0.25) is 0 Å². The maximum atomic E-state index is 12.5. The van der Waals surface area contributed by atoms with Crippen LogP contribution in [0.3, 0.4) is 0 Å². The molecule has 0 aliphatic heterocycles. The molecule has 0 bridgehead atoms. The van der Waals surface area contributed by atoms with Crippen LogP contribution in [-0.4, -0.2) is 47.4 Å². The first-order valence-electron chi connectivity index (χ1n) is 34.7. The number of amides is 1. The topological polar surface area (TPSA) is 95.9 Å². The molecule has 0 fully saturated rings. The molecule has 0 aromatic heterocycles. The first-order valence-corrected chi connectivity index (χ1v) is 34.7. The van der Waals surface area contributed by atoms with Crippen molar-refractivity contribution >= 4 is 11.9 Å². The lowest BCUT2D eigenvalue weighted by Crippen LogP contribution is -2.45. The second-order valence-corrected chi connectivity index (χ2v) is 23.9. The van der Waals surface area contributed by atoms with Gasteiger partial charge < -0.3 is 20.3 Å². The van der Waals surface area contributed by atoms with Crippen LogP contribution in [0.5, 0.6) is 0 Å². The van der Waals surface area contributed by atoms with E-state index in [9.17, 15) is 19.8 Å². The van der Waals surface area contributed by atoms with Gasteiger partial charge in [0.15, 0.2) is 0 Å². The minimum atomic E-state index is -0.662. The van der Waals surface area contributed by atoms with Gasteiger partial charge in [0.25, 0.3) is 0 Å². The second-order valence-electron chi connectivity index (χ2n) is 23.9. The summed E-state index contributed by atoms with van der Waals surface area (Å²) >= 11 is 0. The van der Waals surface area contributed by atoms with Crippen molar-refractivity contribution in [1.29, 1.82) is 0 Å². The molecule has 0 saturated carbocycles. The number of rotatable bonds is 65. The van der Waals surface area contributed by atoms with Gasteiger partial charge in [0.1, 0.15) is 0 Å². The van der Waals surface area contributed by atoms with Crippen molar-refractivity contribution in [3.05, 3.63) is 36.5 Å². The first kappa shape index (κ1) is 75.1. The Hall–Kier alpha value is -1.92. The molecule has 0 heterocycles. The normalized spacial score (nSPS) is 12.7. The van der Waals surface area contributed by atoms with E-state index < -0.39 is 12.1 Å². The summed E-state index contributed by atoms with van der Waals surface area (Å²) in [5, 5.41) is 23.3. The van der Waals surface area contributed by atoms with E-state index in [1.54, 1.807) is 0 Å². The molecule has 0 rings (SSSR count). The van der Waals surface area contributed by atoms with Crippen LogP contribution in [0.4, 0.5) is 0 Å². The molecular weight excluding hydrogens is 947 g/mol. The predicted octanol–water partition coefficient (Wildman–Crippen LogP) is 22.3. The molecule has 3 N–H and O–H groups in total. The molecule has 0 aliphatic carbocycles. The van der Waals surface area contributed by atoms with Gasteiger partial charge in [-0.2, -0.15) is 0 Å². The lowest BCUT2D eigenvalue weighted by atomic mass is 10.0. The molecule has 0 aromatic rings. The van der Waals surface area contributed by atoms with Gasteiger partial charge in [-0.3, -0.25) is 9.59 Å². The number of aliphatic hydroxyl groups excluding tert-OH is 2. The zero-order valence-corrected chi connectivity index (χ0v) is 52.0. The monoisotopic (exact) mass is 1080 g/mol. The summed E-state index contributed by atoms with van der Waals surface area (Å²) in [6.45, 7) is 4.94. The smallest absolute Gasteiger partial charge is 0.305 e. The van der Waals surface area contributed by atoms with Crippen LogP contribution >= 0.6 is 0 Å². The maximum absolute atomic E-state index is 12.5. The fourth-order valence-corrected chi connectivity index (χ4v) is 10.8. The number of hydrogen-bond acceptors (Lipinski definition) is 5. The number of hydrogen-bond donors (Lipinski definition) is 3. The van der Waals surface area contributed by atoms with Gasteiger partial charge in [0, 0.05) is 12.8 Å². The Kier molecular flexibility index (Phi) is 64.9. The molecule has 6 nitrogen and oxygen atoms in total. The number of esters is 1. The minimum absolute atomic E-state index is 0.00388. The van der Waals surface area contributed by atoms with Crippen LogP contribution < -0.4 is 5.32 Å². The molecule has 0 spiro atoms. The lowest BCUT2D eigenvalue weighted by Gasteiger charge is -2.22. The Bertz CT molecular complexity index is 1250. The standard InChI is InChI=1S/C71H135NO5/c1-3-5-7-9-11-13-15-17-36-41-45-49-53-57-61-65-71(76)77-66-62-58-54-50-46-42-38-35-33-31-29-27-25-23-21-19-20-22-24-26-28-30-32-34-37-40-44-48-52-56-60-64-70(75)72-68(67-73)69(74)63-59-55-51-47-43-39-18-16-14-12-10-8-6-4-2/h11,13,17,21,23,36,68-69,73-74H,3-10,12,14-16,18-20,22,24-35,37-67H2,1-2H3,(H,72,75)/b13-11-,23-21-,36-17-. The molecular formula is C71H135NO5. The van der Waals surface area contributed by atoms with Gasteiger partial charge in [0.2, 0.25) is 5.91 Å². The van der Waals surface area contributed by atoms with Crippen molar-refractivity contribution in [2.45, 2.75) is 392 Å². The quantitative estimate of drug-likeness (QED) is 0.0320. The van der Waals surface area contributed by atoms with Gasteiger partial charge in [-0.25, -0.2) is 0 Å². The number of carbonyl (C=O) groups is 2. The van der Waals surface area contributed by atoms with Crippen LogP contribution in [0, 0.1) is 0 Å². The summed E-state index contributed by atoms with van der Waals surface area (Å²) in [4.78, 5) is 24.6. The molecule has 454 valence electrons. The van der Waals surface area contributed by atoms with Crippen molar-refractivity contribution in [1.82, 2.24) is 5.32 Å². The van der Waals surface area contributed by atoms with Gasteiger partial charge in [-0.1, -0.05) is 320 Å². The average Bonchev–Trinajstić information content (AvgIpc) is 3.43. The minimum Gasteiger partial charge on any atom is -0.466 e. The molecule has 0 aromatic carbocycles. The van der Waals surface area contributed by atoms with E-state index in [-0.39, 0.29) is 18.5 Å². The lowest BCUT2D eigenvalue weighted by molar-refractivity contribution is -0.143. The molecule has 0 radical (unpaired) electrons. The Morgan fingerprint density at radius 2 is 0.649 bits per heavy atom. The summed E-state index contributed by atoms with van der Waals surface area (Å²) in [6, 6.07) is -0.539. The van der Waals surface area contributed by atoms with Crippen molar-refractivity contribution in [2.24, 2.45) is 0 Å². The van der Waals surface area contributed by atoms with E-state index in [4.69, 9.17) is 4.74 Å². The van der Waals surface area contributed by atoms with E-state index in [0.717, 1.165) is 51.4 Å². The Balaban J connectivity index is 3.35. The van der Waals surface area contributed by atoms with Gasteiger partial charge in [-0.05, 0) is 83.5 Å². The van der Waals surface area contributed by atoms with Crippen LogP contribution in [-0.2, 0) is 14.3 Å². The Morgan fingerprint density at radius 1 is 0.364 bits per heavy atom. The van der Waals surface area contributed by atoms with Crippen molar-refractivity contribution in [3.63, 3.8) is 0 Å². The van der Waals surface area contributed by atoms with Crippen molar-refractivity contribution in [3.8, 4) is 0 Å². The summed E-state index contributed by atoms with van der Waals surface area (Å²) in [6.07, 6.45) is 84.8. The largest absolute Gasteiger partial charge is 0.466 e. The van der Waals surface area contributed by atoms with E-state index in [0.29, 0.717) is 25.9 Å². The van der Waals surface area contributed by atoms with Crippen molar-refractivity contribution in [2.75, 3.05) is 13.2 Å². The SMILES string of the molecule is CCCCC/C=C\C/C=C\CCCCCCCC(=O)OCCCCCCCCCCCCCC/C=C\CCCCCCCCCCCCCCCCCC(=O)NC(CO)C(O)CCCCCCCCCCCCCCCC. The number of unbranched alkanes of at least 4 members (excludes halogenated alkanes) is 48. The highest BCUT2D eigenvalue weighted by molar-refractivity contribution is 5.76. The van der Waals surface area contributed by atoms with Gasteiger partial charge in [0.05, 0.1) is 25.4 Å². The summed E-state index contributed by atoms with van der Waals surface area (Å²) < 4.78 is 5.48.